The van der Waals surface area contributed by atoms with Gasteiger partial charge in [0.15, 0.2) is 0 Å². The number of methoxy groups -OCH3 is 1. The highest BCUT2D eigenvalue weighted by Gasteiger charge is 2.40. The van der Waals surface area contributed by atoms with Crippen molar-refractivity contribution >= 4 is 0 Å². The van der Waals surface area contributed by atoms with Crippen molar-refractivity contribution in [3.63, 3.8) is 0 Å². The van der Waals surface area contributed by atoms with Crippen molar-refractivity contribution in [1.82, 2.24) is 4.90 Å². The van der Waals surface area contributed by atoms with Crippen LogP contribution in [0.25, 0.3) is 0 Å². The van der Waals surface area contributed by atoms with Gasteiger partial charge in [-0.3, -0.25) is 4.90 Å². The number of nitrogens with zero attached hydrogens (tertiary/aromatic N) is 1. The molecule has 1 rings (SSSR count). The first-order chi connectivity index (χ1) is 9.28. The maximum Gasteiger partial charge on any atom is 0.0661 e. The minimum absolute atomic E-state index is 0.00151. The lowest BCUT2D eigenvalue weighted by Gasteiger charge is -2.46. The van der Waals surface area contributed by atoms with Crippen molar-refractivity contribution in [2.75, 3.05) is 33.4 Å². The van der Waals surface area contributed by atoms with Gasteiger partial charge in [-0.05, 0) is 49.6 Å². The summed E-state index contributed by atoms with van der Waals surface area (Å²) in [6.07, 6.45) is 3.90. The zero-order chi connectivity index (χ0) is 15.4. The molecule has 20 heavy (non-hydrogen) atoms. The summed E-state index contributed by atoms with van der Waals surface area (Å²) in [4.78, 5) is 2.62. The summed E-state index contributed by atoms with van der Waals surface area (Å²) in [6, 6.07) is 0. The molecule has 3 heteroatoms. The van der Waals surface area contributed by atoms with Crippen LogP contribution in [0.1, 0.15) is 53.9 Å². The van der Waals surface area contributed by atoms with E-state index in [1.165, 1.54) is 19.3 Å². The molecule has 0 spiro atoms. The van der Waals surface area contributed by atoms with E-state index in [9.17, 15) is 0 Å². The van der Waals surface area contributed by atoms with E-state index >= 15 is 0 Å². The Morgan fingerprint density at radius 2 is 1.85 bits per heavy atom. The van der Waals surface area contributed by atoms with E-state index < -0.39 is 0 Å². The van der Waals surface area contributed by atoms with E-state index in [1.807, 2.05) is 0 Å². The Labute approximate surface area is 126 Å². The largest absolute Gasteiger partial charge is 0.383 e. The van der Waals surface area contributed by atoms with Crippen LogP contribution < -0.4 is 5.73 Å². The second kappa shape index (κ2) is 7.24. The SMILES string of the molecule is COCC(CN)(C(C)C)N1CCCC(C(C)(C)C)CC1. The summed E-state index contributed by atoms with van der Waals surface area (Å²) >= 11 is 0. The third-order valence-electron chi connectivity index (χ3n) is 5.41. The van der Waals surface area contributed by atoms with Gasteiger partial charge in [-0.25, -0.2) is 0 Å². The molecule has 0 aliphatic carbocycles. The molecule has 120 valence electrons. The second-order valence-corrected chi connectivity index (χ2v) is 7.88. The molecule has 1 saturated heterocycles. The lowest BCUT2D eigenvalue weighted by molar-refractivity contribution is -0.0157. The molecule has 2 N–H and O–H groups in total. The summed E-state index contributed by atoms with van der Waals surface area (Å²) in [7, 11) is 1.79. The Balaban J connectivity index is 2.84. The molecule has 3 nitrogen and oxygen atoms in total. The Morgan fingerprint density at radius 3 is 2.30 bits per heavy atom. The van der Waals surface area contributed by atoms with E-state index in [0.29, 0.717) is 17.9 Å². The molecule has 1 aliphatic heterocycles. The van der Waals surface area contributed by atoms with Crippen molar-refractivity contribution in [2.24, 2.45) is 23.0 Å². The normalized spacial score (nSPS) is 25.5. The predicted molar refractivity (Wildman–Crippen MR) is 86.9 cm³/mol. The van der Waals surface area contributed by atoms with Crippen LogP contribution in [0.5, 0.6) is 0 Å². The highest BCUT2D eigenvalue weighted by atomic mass is 16.5. The first-order valence-electron chi connectivity index (χ1n) is 8.22. The fourth-order valence-electron chi connectivity index (χ4n) is 3.70. The van der Waals surface area contributed by atoms with Crippen molar-refractivity contribution in [3.8, 4) is 0 Å². The van der Waals surface area contributed by atoms with Crippen molar-refractivity contribution in [3.05, 3.63) is 0 Å². The third kappa shape index (κ3) is 3.96. The third-order valence-corrected chi connectivity index (χ3v) is 5.41. The summed E-state index contributed by atoms with van der Waals surface area (Å²) in [5.41, 5.74) is 6.59. The molecule has 0 aromatic rings. The molecule has 0 radical (unpaired) electrons. The summed E-state index contributed by atoms with van der Waals surface area (Å²) in [6.45, 7) is 15.4. The van der Waals surface area contributed by atoms with Crippen LogP contribution in [0.2, 0.25) is 0 Å². The van der Waals surface area contributed by atoms with Crippen LogP contribution in [0.15, 0.2) is 0 Å². The Morgan fingerprint density at radius 1 is 1.20 bits per heavy atom. The van der Waals surface area contributed by atoms with Gasteiger partial charge >= 0.3 is 0 Å². The van der Waals surface area contributed by atoms with Gasteiger partial charge in [-0.15, -0.1) is 0 Å². The number of hydrogen-bond acceptors (Lipinski definition) is 3. The zero-order valence-corrected chi connectivity index (χ0v) is 14.5. The topological polar surface area (TPSA) is 38.5 Å². The van der Waals surface area contributed by atoms with Crippen molar-refractivity contribution < 1.29 is 4.74 Å². The molecule has 1 aliphatic rings. The van der Waals surface area contributed by atoms with Crippen LogP contribution in [-0.4, -0.2) is 43.8 Å². The van der Waals surface area contributed by atoms with Gasteiger partial charge in [0.1, 0.15) is 0 Å². The van der Waals surface area contributed by atoms with Gasteiger partial charge in [0.2, 0.25) is 0 Å². The Hall–Kier alpha value is -0.120. The minimum atomic E-state index is 0.00151. The first kappa shape index (κ1) is 17.9. The standard InChI is InChI=1S/C17H36N2O/c1-14(2)17(12-18,13-20-6)19-10-7-8-15(9-11-19)16(3,4)5/h14-15H,7-13,18H2,1-6H3. The molecule has 0 aromatic carbocycles. The van der Waals surface area contributed by atoms with Crippen LogP contribution in [-0.2, 0) is 4.74 Å². The molecule has 0 saturated carbocycles. The summed E-state index contributed by atoms with van der Waals surface area (Å²) in [5.74, 6) is 1.33. The van der Waals surface area contributed by atoms with Gasteiger partial charge in [0.25, 0.3) is 0 Å². The molecular weight excluding hydrogens is 248 g/mol. The van der Waals surface area contributed by atoms with E-state index in [0.717, 1.165) is 25.6 Å². The van der Waals surface area contributed by atoms with Crippen LogP contribution in [0.4, 0.5) is 0 Å². The van der Waals surface area contributed by atoms with Gasteiger partial charge in [0, 0.05) is 13.7 Å². The highest BCUT2D eigenvalue weighted by molar-refractivity contribution is 4.96. The monoisotopic (exact) mass is 284 g/mol. The summed E-state index contributed by atoms with van der Waals surface area (Å²) < 4.78 is 5.53. The molecule has 2 unspecified atom stereocenters. The number of hydrogen-bond donors (Lipinski definition) is 1. The number of ether oxygens (including phenoxy) is 1. The number of nitrogens with two attached hydrogens (primary N) is 1. The lowest BCUT2D eigenvalue weighted by atomic mass is 9.76. The number of likely N-dealkylation sites (tertiary alicyclic amines) is 1. The molecule has 1 fully saturated rings. The average molecular weight is 284 g/mol. The fraction of sp³-hybridized carbons (Fsp3) is 1.00. The Bertz CT molecular complexity index is 285. The highest BCUT2D eigenvalue weighted by Crippen LogP contribution is 2.36. The smallest absolute Gasteiger partial charge is 0.0661 e. The van der Waals surface area contributed by atoms with E-state index in [4.69, 9.17) is 10.5 Å². The van der Waals surface area contributed by atoms with E-state index in [2.05, 4.69) is 39.5 Å². The second-order valence-electron chi connectivity index (χ2n) is 7.88. The quantitative estimate of drug-likeness (QED) is 0.843. The van der Waals surface area contributed by atoms with Crippen LogP contribution >= 0.6 is 0 Å². The molecule has 2 atom stereocenters. The molecule has 0 amide bonds. The van der Waals surface area contributed by atoms with Crippen molar-refractivity contribution in [2.45, 2.75) is 59.4 Å². The van der Waals surface area contributed by atoms with Gasteiger partial charge in [-0.2, -0.15) is 0 Å². The molecule has 0 aromatic heterocycles. The molecule has 0 bridgehead atoms. The van der Waals surface area contributed by atoms with Crippen molar-refractivity contribution in [1.29, 1.82) is 0 Å². The summed E-state index contributed by atoms with van der Waals surface area (Å²) in [5, 5.41) is 0. The lowest BCUT2D eigenvalue weighted by Crippen LogP contribution is -2.60. The minimum Gasteiger partial charge on any atom is -0.383 e. The Kier molecular flexibility index (Phi) is 6.49. The van der Waals surface area contributed by atoms with Gasteiger partial charge < -0.3 is 10.5 Å². The van der Waals surface area contributed by atoms with Gasteiger partial charge in [0.05, 0.1) is 12.1 Å². The van der Waals surface area contributed by atoms with E-state index in [1.54, 1.807) is 7.11 Å². The maximum absolute atomic E-state index is 6.18. The molecule has 1 heterocycles. The number of rotatable bonds is 5. The molecular formula is C17H36N2O. The fourth-order valence-corrected chi connectivity index (χ4v) is 3.70. The van der Waals surface area contributed by atoms with Crippen LogP contribution in [0, 0.1) is 17.3 Å². The van der Waals surface area contributed by atoms with Gasteiger partial charge in [-0.1, -0.05) is 34.6 Å². The predicted octanol–water partition coefficient (Wildman–Crippen LogP) is 3.13. The van der Waals surface area contributed by atoms with Crippen LogP contribution in [0.3, 0.4) is 0 Å². The first-order valence-corrected chi connectivity index (χ1v) is 8.22. The zero-order valence-electron chi connectivity index (χ0n) is 14.5. The average Bonchev–Trinajstić information content (AvgIpc) is 2.61. The maximum atomic E-state index is 6.18. The van der Waals surface area contributed by atoms with E-state index in [-0.39, 0.29) is 5.54 Å².